The molecule has 0 radical (unpaired) electrons. The van der Waals surface area contributed by atoms with Crippen molar-refractivity contribution in [2.45, 2.75) is 32.6 Å². The smallest absolute Gasteiger partial charge is 0.306 e. The molecule has 0 amide bonds. The van der Waals surface area contributed by atoms with Crippen LogP contribution in [-0.4, -0.2) is 57.3 Å². The number of hydrogen-bond acceptors (Lipinski definition) is 4. The van der Waals surface area contributed by atoms with Gasteiger partial charge in [-0.3, -0.25) is 4.79 Å². The molecule has 0 aliphatic heterocycles. The van der Waals surface area contributed by atoms with Gasteiger partial charge in [-0.1, -0.05) is 19.8 Å². The molecule has 0 aliphatic carbocycles. The monoisotopic (exact) mass is 280 g/mol. The molecule has 0 spiro atoms. The number of nitrogens with zero attached hydrogens (tertiary/aromatic N) is 2. The summed E-state index contributed by atoms with van der Waals surface area (Å²) in [5, 5.41) is 0. The number of rotatable bonds is 9. The minimum absolute atomic E-state index is 0.0645. The van der Waals surface area contributed by atoms with Crippen LogP contribution in [-0.2, 0) is 19.7 Å². The zero-order valence-corrected chi connectivity index (χ0v) is 12.5. The first-order valence-corrected chi connectivity index (χ1v) is 7.50. The van der Waals surface area contributed by atoms with E-state index >= 15 is 0 Å². The van der Waals surface area contributed by atoms with Crippen molar-refractivity contribution in [3.8, 4) is 0 Å². The molecule has 0 unspecified atom stereocenters. The van der Waals surface area contributed by atoms with Gasteiger partial charge in [-0.05, 0) is 6.42 Å². The van der Waals surface area contributed by atoms with Gasteiger partial charge in [0.25, 0.3) is 10.2 Å². The number of methoxy groups -OCH3 is 1. The van der Waals surface area contributed by atoms with Gasteiger partial charge in [-0.25, -0.2) is 0 Å². The standard InChI is InChI=1S/C11H24N2O4S/c1-5-6-7-9-12(2)18(15,16)13(3)10-8-11(14)17-4/h5-10H2,1-4H3. The van der Waals surface area contributed by atoms with Gasteiger partial charge >= 0.3 is 5.97 Å². The third-order valence-corrected chi connectivity index (χ3v) is 4.66. The first-order chi connectivity index (χ1) is 8.36. The molecule has 6 nitrogen and oxygen atoms in total. The van der Waals surface area contributed by atoms with Crippen molar-refractivity contribution >= 4 is 16.2 Å². The van der Waals surface area contributed by atoms with Crippen LogP contribution in [0.1, 0.15) is 32.6 Å². The Kier molecular flexibility index (Phi) is 8.13. The molecule has 0 atom stereocenters. The van der Waals surface area contributed by atoms with Gasteiger partial charge < -0.3 is 4.74 Å². The Morgan fingerprint density at radius 3 is 2.17 bits per heavy atom. The van der Waals surface area contributed by atoms with Crippen molar-refractivity contribution < 1.29 is 17.9 Å². The van der Waals surface area contributed by atoms with Crippen molar-refractivity contribution in [2.24, 2.45) is 0 Å². The summed E-state index contributed by atoms with van der Waals surface area (Å²) in [6, 6.07) is 0. The second kappa shape index (κ2) is 8.44. The Morgan fingerprint density at radius 2 is 1.67 bits per heavy atom. The Morgan fingerprint density at radius 1 is 1.11 bits per heavy atom. The minimum Gasteiger partial charge on any atom is -0.469 e. The van der Waals surface area contributed by atoms with E-state index in [-0.39, 0.29) is 13.0 Å². The highest BCUT2D eigenvalue weighted by molar-refractivity contribution is 7.86. The van der Waals surface area contributed by atoms with Gasteiger partial charge in [0.05, 0.1) is 13.5 Å². The molecule has 0 bridgehead atoms. The normalized spacial score (nSPS) is 12.1. The maximum Gasteiger partial charge on any atom is 0.306 e. The number of unbranched alkanes of at least 4 members (excludes halogenated alkanes) is 2. The van der Waals surface area contributed by atoms with E-state index in [4.69, 9.17) is 0 Å². The predicted molar refractivity (Wildman–Crippen MR) is 70.3 cm³/mol. The summed E-state index contributed by atoms with van der Waals surface area (Å²) in [6.07, 6.45) is 2.96. The van der Waals surface area contributed by atoms with E-state index in [2.05, 4.69) is 11.7 Å². The SMILES string of the molecule is CCCCCN(C)S(=O)(=O)N(C)CCC(=O)OC. The maximum absolute atomic E-state index is 12.0. The average molecular weight is 280 g/mol. The van der Waals surface area contributed by atoms with Crippen LogP contribution in [0, 0.1) is 0 Å². The van der Waals surface area contributed by atoms with Crippen LogP contribution in [0.3, 0.4) is 0 Å². The molecular formula is C11H24N2O4S. The summed E-state index contributed by atoms with van der Waals surface area (Å²) >= 11 is 0. The lowest BCUT2D eigenvalue weighted by Crippen LogP contribution is -2.41. The zero-order valence-electron chi connectivity index (χ0n) is 11.7. The second-order valence-corrected chi connectivity index (χ2v) is 6.33. The molecule has 7 heteroatoms. The molecule has 0 aromatic rings. The number of carbonyl (C=O) groups excluding carboxylic acids is 1. The zero-order chi connectivity index (χ0) is 14.2. The van der Waals surface area contributed by atoms with Gasteiger partial charge in [0.15, 0.2) is 0 Å². The Balaban J connectivity index is 4.28. The van der Waals surface area contributed by atoms with Gasteiger partial charge in [-0.15, -0.1) is 0 Å². The highest BCUT2D eigenvalue weighted by Crippen LogP contribution is 2.07. The van der Waals surface area contributed by atoms with Crippen molar-refractivity contribution in [1.29, 1.82) is 0 Å². The van der Waals surface area contributed by atoms with E-state index in [9.17, 15) is 13.2 Å². The van der Waals surface area contributed by atoms with Crippen molar-refractivity contribution in [3.05, 3.63) is 0 Å². The fourth-order valence-corrected chi connectivity index (χ4v) is 2.56. The Bertz CT molecular complexity index is 343. The number of carbonyl (C=O) groups is 1. The number of hydrogen-bond donors (Lipinski definition) is 0. The Hall–Kier alpha value is -0.660. The van der Waals surface area contributed by atoms with Crippen LogP contribution in [0.4, 0.5) is 0 Å². The third kappa shape index (κ3) is 5.79. The molecule has 108 valence electrons. The van der Waals surface area contributed by atoms with Crippen LogP contribution < -0.4 is 0 Å². The van der Waals surface area contributed by atoms with Crippen molar-refractivity contribution in [3.63, 3.8) is 0 Å². The summed E-state index contributed by atoms with van der Waals surface area (Å²) < 4.78 is 31.0. The number of esters is 1. The first-order valence-electron chi connectivity index (χ1n) is 6.10. The molecule has 0 saturated carbocycles. The molecule has 0 heterocycles. The van der Waals surface area contributed by atoms with Crippen LogP contribution in [0.25, 0.3) is 0 Å². The van der Waals surface area contributed by atoms with E-state index in [1.165, 1.54) is 22.8 Å². The van der Waals surface area contributed by atoms with Gasteiger partial charge in [0.2, 0.25) is 0 Å². The molecule has 0 saturated heterocycles. The van der Waals surface area contributed by atoms with E-state index < -0.39 is 16.2 Å². The molecule has 18 heavy (non-hydrogen) atoms. The molecule has 0 aliphatic rings. The second-order valence-electron chi connectivity index (χ2n) is 4.18. The third-order valence-electron chi connectivity index (χ3n) is 2.72. The average Bonchev–Trinajstić information content (AvgIpc) is 2.35. The fourth-order valence-electron chi connectivity index (χ4n) is 1.40. The summed E-state index contributed by atoms with van der Waals surface area (Å²) in [4.78, 5) is 11.0. The van der Waals surface area contributed by atoms with Crippen molar-refractivity contribution in [1.82, 2.24) is 8.61 Å². The molecule has 0 rings (SSSR count). The fraction of sp³-hybridized carbons (Fsp3) is 0.909. The van der Waals surface area contributed by atoms with Gasteiger partial charge in [0.1, 0.15) is 0 Å². The molecule has 0 aromatic carbocycles. The van der Waals surface area contributed by atoms with E-state index in [0.29, 0.717) is 6.54 Å². The summed E-state index contributed by atoms with van der Waals surface area (Å²) in [6.45, 7) is 2.70. The largest absolute Gasteiger partial charge is 0.469 e. The predicted octanol–water partition coefficient (Wildman–Crippen LogP) is 0.848. The molecule has 0 N–H and O–H groups in total. The van der Waals surface area contributed by atoms with E-state index in [0.717, 1.165) is 19.3 Å². The summed E-state index contributed by atoms with van der Waals surface area (Å²) in [5.74, 6) is -0.411. The van der Waals surface area contributed by atoms with Crippen LogP contribution >= 0.6 is 0 Å². The van der Waals surface area contributed by atoms with Crippen LogP contribution in [0.2, 0.25) is 0 Å². The summed E-state index contributed by atoms with van der Waals surface area (Å²) in [7, 11) is 0.843. The number of ether oxygens (including phenoxy) is 1. The Labute approximate surface area is 110 Å². The lowest BCUT2D eigenvalue weighted by Gasteiger charge is -2.24. The lowest BCUT2D eigenvalue weighted by molar-refractivity contribution is -0.140. The van der Waals surface area contributed by atoms with E-state index in [1.807, 2.05) is 0 Å². The van der Waals surface area contributed by atoms with Gasteiger partial charge in [-0.2, -0.15) is 17.0 Å². The minimum atomic E-state index is -3.46. The van der Waals surface area contributed by atoms with Crippen molar-refractivity contribution in [2.75, 3.05) is 34.3 Å². The first kappa shape index (κ1) is 17.3. The molecule has 0 fully saturated rings. The highest BCUT2D eigenvalue weighted by atomic mass is 32.2. The molecule has 0 aromatic heterocycles. The topological polar surface area (TPSA) is 66.9 Å². The lowest BCUT2D eigenvalue weighted by atomic mass is 10.2. The maximum atomic E-state index is 12.0. The van der Waals surface area contributed by atoms with Crippen LogP contribution in [0.15, 0.2) is 0 Å². The molecular weight excluding hydrogens is 256 g/mol. The van der Waals surface area contributed by atoms with Gasteiger partial charge in [0, 0.05) is 27.2 Å². The van der Waals surface area contributed by atoms with E-state index in [1.54, 1.807) is 7.05 Å². The highest BCUT2D eigenvalue weighted by Gasteiger charge is 2.23. The van der Waals surface area contributed by atoms with Crippen LogP contribution in [0.5, 0.6) is 0 Å². The summed E-state index contributed by atoms with van der Waals surface area (Å²) in [5.41, 5.74) is 0. The quantitative estimate of drug-likeness (QED) is 0.464.